The van der Waals surface area contributed by atoms with E-state index in [2.05, 4.69) is 10.1 Å². The molecule has 4 aromatic rings. The lowest BCUT2D eigenvalue weighted by Gasteiger charge is -2.20. The quantitative estimate of drug-likeness (QED) is 0.487. The molecular formula is C20H16ClN5O3S2. The molecule has 0 fully saturated rings. The summed E-state index contributed by atoms with van der Waals surface area (Å²) in [6, 6.07) is 10.8. The number of benzene rings is 2. The van der Waals surface area contributed by atoms with Gasteiger partial charge in [-0.1, -0.05) is 23.7 Å². The first-order valence-corrected chi connectivity index (χ1v) is 12.0. The summed E-state index contributed by atoms with van der Waals surface area (Å²) < 4.78 is 27.8. The minimum absolute atomic E-state index is 0.140. The Labute approximate surface area is 186 Å². The van der Waals surface area contributed by atoms with Gasteiger partial charge in [-0.2, -0.15) is 17.6 Å². The van der Waals surface area contributed by atoms with E-state index >= 15 is 0 Å². The van der Waals surface area contributed by atoms with Crippen LogP contribution < -0.4 is 5.73 Å². The van der Waals surface area contributed by atoms with Gasteiger partial charge in [-0.15, -0.1) is 11.3 Å². The van der Waals surface area contributed by atoms with Crippen molar-refractivity contribution in [1.82, 2.24) is 19.1 Å². The average molecular weight is 474 g/mol. The van der Waals surface area contributed by atoms with E-state index in [9.17, 15) is 13.2 Å². The zero-order valence-electron chi connectivity index (χ0n) is 16.0. The predicted octanol–water partition coefficient (Wildman–Crippen LogP) is 2.93. The molecule has 2 N–H and O–H groups in total. The molecule has 1 aliphatic rings. The van der Waals surface area contributed by atoms with Crippen molar-refractivity contribution in [1.29, 1.82) is 0 Å². The second kappa shape index (κ2) is 7.41. The van der Waals surface area contributed by atoms with Gasteiger partial charge in [-0.05, 0) is 35.9 Å². The summed E-state index contributed by atoms with van der Waals surface area (Å²) in [5, 5.41) is 4.75. The second-order valence-electron chi connectivity index (χ2n) is 7.19. The first kappa shape index (κ1) is 20.1. The molecule has 158 valence electrons. The number of hydrogen-bond acceptors (Lipinski definition) is 7. The molecule has 2 aromatic heterocycles. The molecule has 0 aliphatic carbocycles. The Morgan fingerprint density at radius 1 is 1.19 bits per heavy atom. The summed E-state index contributed by atoms with van der Waals surface area (Å²) in [5.74, 6) is -0.273. The van der Waals surface area contributed by atoms with Gasteiger partial charge in [0.2, 0.25) is 5.91 Å². The SMILES string of the molecule is NC(C(=O)N1Cc2cn(S(=O)(=O)c3ccc4ncsc4c3)nc2C1)c1cccc(Cl)c1. The summed E-state index contributed by atoms with van der Waals surface area (Å²) in [6.45, 7) is 0.435. The van der Waals surface area contributed by atoms with Crippen LogP contribution in [0.1, 0.15) is 22.9 Å². The lowest BCUT2D eigenvalue weighted by molar-refractivity contribution is -0.133. The van der Waals surface area contributed by atoms with Crippen molar-refractivity contribution in [3.05, 3.63) is 76.0 Å². The average Bonchev–Trinajstić information content (AvgIpc) is 3.46. The van der Waals surface area contributed by atoms with Crippen molar-refractivity contribution in [2.45, 2.75) is 24.0 Å². The van der Waals surface area contributed by atoms with Crippen molar-refractivity contribution < 1.29 is 13.2 Å². The summed E-state index contributed by atoms with van der Waals surface area (Å²) in [5.41, 5.74) is 10.4. The summed E-state index contributed by atoms with van der Waals surface area (Å²) in [6.07, 6.45) is 1.46. The van der Waals surface area contributed by atoms with Crippen LogP contribution in [-0.4, -0.2) is 33.4 Å². The third-order valence-electron chi connectivity index (χ3n) is 5.19. The Balaban J connectivity index is 1.37. The highest BCUT2D eigenvalue weighted by molar-refractivity contribution is 7.89. The van der Waals surface area contributed by atoms with Crippen LogP contribution in [0.5, 0.6) is 0 Å². The molecule has 1 unspecified atom stereocenters. The molecule has 3 heterocycles. The van der Waals surface area contributed by atoms with Crippen LogP contribution in [0.4, 0.5) is 0 Å². The van der Waals surface area contributed by atoms with Crippen LogP contribution >= 0.6 is 22.9 Å². The van der Waals surface area contributed by atoms with Gasteiger partial charge >= 0.3 is 0 Å². The smallest absolute Gasteiger partial charge is 0.283 e. The van der Waals surface area contributed by atoms with E-state index in [4.69, 9.17) is 17.3 Å². The maximum absolute atomic E-state index is 13.0. The lowest BCUT2D eigenvalue weighted by Crippen LogP contribution is -2.35. The van der Waals surface area contributed by atoms with Gasteiger partial charge < -0.3 is 10.6 Å². The van der Waals surface area contributed by atoms with Crippen molar-refractivity contribution in [3.63, 3.8) is 0 Å². The van der Waals surface area contributed by atoms with E-state index in [-0.39, 0.29) is 23.9 Å². The predicted molar refractivity (Wildman–Crippen MR) is 117 cm³/mol. The molecule has 1 aliphatic heterocycles. The number of carbonyl (C=O) groups excluding carboxylic acids is 1. The van der Waals surface area contributed by atoms with Crippen LogP contribution in [0.3, 0.4) is 0 Å². The number of thiazole rings is 1. The number of amides is 1. The Kier molecular flexibility index (Phi) is 4.82. The third kappa shape index (κ3) is 3.51. The topological polar surface area (TPSA) is 111 Å². The molecule has 8 nitrogen and oxygen atoms in total. The van der Waals surface area contributed by atoms with Gasteiger partial charge in [0.25, 0.3) is 10.0 Å². The fourth-order valence-electron chi connectivity index (χ4n) is 3.55. The van der Waals surface area contributed by atoms with E-state index in [0.717, 1.165) is 14.3 Å². The maximum atomic E-state index is 13.0. The number of halogens is 1. The van der Waals surface area contributed by atoms with Crippen molar-refractivity contribution in [3.8, 4) is 0 Å². The molecular weight excluding hydrogens is 458 g/mol. The van der Waals surface area contributed by atoms with Crippen LogP contribution in [0, 0.1) is 0 Å². The van der Waals surface area contributed by atoms with Crippen LogP contribution in [0.25, 0.3) is 10.2 Å². The zero-order valence-corrected chi connectivity index (χ0v) is 18.4. The van der Waals surface area contributed by atoms with Gasteiger partial charge in [0.15, 0.2) is 0 Å². The number of hydrogen-bond donors (Lipinski definition) is 1. The Morgan fingerprint density at radius 3 is 2.81 bits per heavy atom. The van der Waals surface area contributed by atoms with Gasteiger partial charge in [-0.25, -0.2) is 4.98 Å². The molecule has 2 aromatic carbocycles. The summed E-state index contributed by atoms with van der Waals surface area (Å²) in [7, 11) is -3.85. The van der Waals surface area contributed by atoms with Crippen molar-refractivity contribution in [2.24, 2.45) is 5.73 Å². The van der Waals surface area contributed by atoms with Crippen LogP contribution in [0.15, 0.2) is 59.1 Å². The monoisotopic (exact) mass is 473 g/mol. The van der Waals surface area contributed by atoms with Crippen LogP contribution in [0.2, 0.25) is 5.02 Å². The standard InChI is InChI=1S/C20H16ClN5O3S2/c21-14-3-1-2-12(6-14)19(22)20(27)25-8-13-9-26(24-17(13)10-25)31(28,29)15-4-5-16-18(7-15)30-11-23-16/h1-7,9,11,19H,8,10,22H2. The number of rotatable bonds is 4. The van der Waals surface area contributed by atoms with Gasteiger partial charge in [-0.3, -0.25) is 4.79 Å². The summed E-state index contributed by atoms with van der Waals surface area (Å²) >= 11 is 7.36. The lowest BCUT2D eigenvalue weighted by atomic mass is 10.1. The Hall–Kier alpha value is -2.79. The van der Waals surface area contributed by atoms with Gasteiger partial charge in [0.1, 0.15) is 6.04 Å². The number of aromatic nitrogens is 3. The normalized spacial score (nSPS) is 14.7. The number of fused-ring (bicyclic) bond motifs is 2. The third-order valence-corrected chi connectivity index (χ3v) is 7.75. The highest BCUT2D eigenvalue weighted by Gasteiger charge is 2.32. The van der Waals surface area contributed by atoms with Crippen LogP contribution in [-0.2, 0) is 27.9 Å². The molecule has 1 amide bonds. The first-order valence-electron chi connectivity index (χ1n) is 9.29. The molecule has 0 spiro atoms. The summed E-state index contributed by atoms with van der Waals surface area (Å²) in [4.78, 5) is 18.7. The number of carbonyl (C=O) groups is 1. The highest BCUT2D eigenvalue weighted by atomic mass is 35.5. The van der Waals surface area contributed by atoms with E-state index in [1.807, 2.05) is 0 Å². The first-order chi connectivity index (χ1) is 14.8. The fourth-order valence-corrected chi connectivity index (χ4v) is 5.73. The number of nitrogens with zero attached hydrogens (tertiary/aromatic N) is 4. The molecule has 0 saturated carbocycles. The molecule has 31 heavy (non-hydrogen) atoms. The van der Waals surface area contributed by atoms with E-state index in [1.54, 1.807) is 46.8 Å². The van der Waals surface area contributed by atoms with Crippen molar-refractivity contribution in [2.75, 3.05) is 0 Å². The van der Waals surface area contributed by atoms with Crippen molar-refractivity contribution >= 4 is 49.1 Å². The maximum Gasteiger partial charge on any atom is 0.283 e. The largest absolute Gasteiger partial charge is 0.331 e. The number of nitrogens with two attached hydrogens (primary N) is 1. The van der Waals surface area contributed by atoms with E-state index in [0.29, 0.717) is 21.8 Å². The Bertz CT molecular complexity index is 1410. The fraction of sp³-hybridized carbons (Fsp3) is 0.150. The van der Waals surface area contributed by atoms with E-state index in [1.165, 1.54) is 23.6 Å². The second-order valence-corrected chi connectivity index (χ2v) is 10.3. The van der Waals surface area contributed by atoms with E-state index < -0.39 is 16.1 Å². The molecule has 5 rings (SSSR count). The highest BCUT2D eigenvalue weighted by Crippen LogP contribution is 2.28. The van der Waals surface area contributed by atoms with Gasteiger partial charge in [0, 0.05) is 23.3 Å². The molecule has 0 radical (unpaired) electrons. The molecule has 1 atom stereocenters. The molecule has 0 bridgehead atoms. The minimum atomic E-state index is -3.85. The minimum Gasteiger partial charge on any atom is -0.331 e. The molecule has 11 heteroatoms. The van der Waals surface area contributed by atoms with Gasteiger partial charge in [0.05, 0.1) is 32.9 Å². The zero-order chi connectivity index (χ0) is 21.8. The Morgan fingerprint density at radius 2 is 2.03 bits per heavy atom. The molecule has 0 saturated heterocycles.